The van der Waals surface area contributed by atoms with Crippen LogP contribution in [-0.4, -0.2) is 28.5 Å². The lowest BCUT2D eigenvalue weighted by Crippen LogP contribution is -2.14. The number of benzene rings is 1. The van der Waals surface area contributed by atoms with Crippen LogP contribution in [0.2, 0.25) is 0 Å². The van der Waals surface area contributed by atoms with E-state index in [1.807, 2.05) is 0 Å². The zero-order valence-electron chi connectivity index (χ0n) is 12.3. The molecule has 122 valence electrons. The van der Waals surface area contributed by atoms with Crippen LogP contribution in [-0.2, 0) is 9.84 Å². The molecule has 1 aliphatic heterocycles. The van der Waals surface area contributed by atoms with Gasteiger partial charge in [-0.05, 0) is 22.6 Å². The Morgan fingerprint density at radius 3 is 2.75 bits per heavy atom. The van der Waals surface area contributed by atoms with Crippen molar-refractivity contribution in [3.8, 4) is 0 Å². The van der Waals surface area contributed by atoms with E-state index in [1.165, 1.54) is 4.40 Å². The second-order valence-electron chi connectivity index (χ2n) is 5.49. The molecule has 0 amide bonds. The molecule has 0 bridgehead atoms. The Labute approximate surface area is 136 Å². The smallest absolute Gasteiger partial charge is 0.358 e. The van der Waals surface area contributed by atoms with Gasteiger partial charge in [-0.3, -0.25) is 0 Å². The Kier molecular flexibility index (Phi) is 3.07. The summed E-state index contributed by atoms with van der Waals surface area (Å²) in [5.74, 6) is -0.312. The molecule has 9 heteroatoms. The van der Waals surface area contributed by atoms with E-state index in [4.69, 9.17) is 0 Å². The molecular weight excluding hydrogens is 332 g/mol. The Morgan fingerprint density at radius 2 is 1.96 bits per heavy atom. The lowest BCUT2D eigenvalue weighted by Gasteiger charge is -2.11. The molecule has 1 aliphatic rings. The van der Waals surface area contributed by atoms with Crippen LogP contribution in [0.5, 0.6) is 0 Å². The second-order valence-corrected chi connectivity index (χ2v) is 7.49. The number of nitrogens with zero attached hydrogens (tertiary/aromatic N) is 3. The highest BCUT2D eigenvalue weighted by molar-refractivity contribution is 7.91. The van der Waals surface area contributed by atoms with Crippen molar-refractivity contribution in [3.63, 3.8) is 0 Å². The summed E-state index contributed by atoms with van der Waals surface area (Å²) in [6, 6.07) is 11.1. The van der Waals surface area contributed by atoms with E-state index in [0.717, 1.165) is 0 Å². The molecule has 0 aliphatic carbocycles. The first kappa shape index (κ1) is 14.6. The largest absolute Gasteiger partial charge is 0.372 e. The van der Waals surface area contributed by atoms with Gasteiger partial charge in [0.15, 0.2) is 9.84 Å². The summed E-state index contributed by atoms with van der Waals surface area (Å²) in [6.07, 6.45) is 1.55. The van der Waals surface area contributed by atoms with Gasteiger partial charge in [0, 0.05) is 6.07 Å². The first-order valence-electron chi connectivity index (χ1n) is 7.17. The minimum Gasteiger partial charge on any atom is -0.358 e. The van der Waals surface area contributed by atoms with E-state index >= 15 is 0 Å². The molecule has 0 fully saturated rings. The molecule has 0 unspecified atom stereocenters. The van der Waals surface area contributed by atoms with E-state index in [0.29, 0.717) is 11.2 Å². The van der Waals surface area contributed by atoms with E-state index < -0.39 is 20.8 Å². The summed E-state index contributed by atoms with van der Waals surface area (Å²) in [7, 11) is -3.40. The van der Waals surface area contributed by atoms with Crippen LogP contribution in [0.25, 0.3) is 5.65 Å². The quantitative estimate of drug-likeness (QED) is 0.576. The third-order valence-corrected chi connectivity index (χ3v) is 5.82. The van der Waals surface area contributed by atoms with E-state index in [2.05, 4.69) is 10.3 Å². The minimum atomic E-state index is -3.40. The highest BCUT2D eigenvalue weighted by atomic mass is 32.2. The van der Waals surface area contributed by atoms with Crippen LogP contribution in [0.1, 0.15) is 11.6 Å². The number of pyridine rings is 1. The molecule has 3 heterocycles. The number of nitro groups is 1. The van der Waals surface area contributed by atoms with Crippen molar-refractivity contribution in [1.29, 1.82) is 0 Å². The van der Waals surface area contributed by atoms with Gasteiger partial charge in [0.05, 0.1) is 22.9 Å². The molecule has 0 radical (unpaired) electrons. The average Bonchev–Trinajstić information content (AvgIpc) is 3.03. The molecular formula is C15H12N4O4S. The van der Waals surface area contributed by atoms with E-state index in [-0.39, 0.29) is 22.3 Å². The van der Waals surface area contributed by atoms with Gasteiger partial charge in [0.25, 0.3) is 0 Å². The molecule has 1 atom stereocenters. The molecule has 1 aromatic carbocycles. The van der Waals surface area contributed by atoms with Gasteiger partial charge in [0.2, 0.25) is 11.5 Å². The van der Waals surface area contributed by atoms with Gasteiger partial charge in [-0.15, -0.1) is 0 Å². The number of anilines is 1. The standard InChI is InChI=1S/C15H12N4O4S/c20-19(21)15-14(17-13-7-3-4-8-18(13)15)16-11-9-24(22,23)12-6-2-1-5-10(11)12/h1-8,11,16H,9H2/t11-/m0/s1. The number of imidazole rings is 1. The van der Waals surface area contributed by atoms with Crippen LogP contribution in [0.15, 0.2) is 53.6 Å². The van der Waals surface area contributed by atoms with Crippen molar-refractivity contribution in [3.05, 3.63) is 64.3 Å². The lowest BCUT2D eigenvalue weighted by molar-refractivity contribution is -0.389. The molecule has 3 aromatic rings. The van der Waals surface area contributed by atoms with Crippen molar-refractivity contribution >= 4 is 27.1 Å². The summed E-state index contributed by atoms with van der Waals surface area (Å²) in [5.41, 5.74) is 1.02. The van der Waals surface area contributed by atoms with E-state index in [9.17, 15) is 18.5 Å². The van der Waals surface area contributed by atoms with Gasteiger partial charge in [-0.25, -0.2) is 8.42 Å². The highest BCUT2D eigenvalue weighted by Crippen LogP contribution is 2.37. The van der Waals surface area contributed by atoms with Crippen molar-refractivity contribution in [2.75, 3.05) is 11.1 Å². The Bertz CT molecular complexity index is 1070. The summed E-state index contributed by atoms with van der Waals surface area (Å²) in [4.78, 5) is 15.4. The SMILES string of the molecule is O=[N+]([O-])c1c(N[C@H]2CS(=O)(=O)c3ccccc32)nc2ccccn12. The van der Waals surface area contributed by atoms with Crippen molar-refractivity contribution in [2.45, 2.75) is 10.9 Å². The number of hydrogen-bond acceptors (Lipinski definition) is 6. The number of nitrogens with one attached hydrogen (secondary N) is 1. The van der Waals surface area contributed by atoms with E-state index in [1.54, 1.807) is 48.7 Å². The zero-order chi connectivity index (χ0) is 16.9. The number of aromatic nitrogens is 2. The number of fused-ring (bicyclic) bond motifs is 2. The lowest BCUT2D eigenvalue weighted by atomic mass is 10.1. The fourth-order valence-corrected chi connectivity index (χ4v) is 4.73. The second kappa shape index (κ2) is 5.03. The minimum absolute atomic E-state index is 0.0584. The maximum Gasteiger partial charge on any atom is 0.372 e. The van der Waals surface area contributed by atoms with Crippen molar-refractivity contribution < 1.29 is 13.3 Å². The average molecular weight is 344 g/mol. The van der Waals surface area contributed by atoms with Crippen LogP contribution in [0, 0.1) is 10.1 Å². The maximum absolute atomic E-state index is 12.2. The highest BCUT2D eigenvalue weighted by Gasteiger charge is 2.36. The Hall–Kier alpha value is -2.94. The molecule has 0 saturated heterocycles. The van der Waals surface area contributed by atoms with Gasteiger partial charge in [0.1, 0.15) is 0 Å². The topological polar surface area (TPSA) is 107 Å². The van der Waals surface area contributed by atoms with Gasteiger partial charge < -0.3 is 15.4 Å². The molecule has 1 N–H and O–H groups in total. The number of rotatable bonds is 3. The molecule has 0 saturated carbocycles. The monoisotopic (exact) mass is 344 g/mol. The van der Waals surface area contributed by atoms with Crippen LogP contribution in [0.3, 0.4) is 0 Å². The number of sulfone groups is 1. The molecule has 2 aromatic heterocycles. The van der Waals surface area contributed by atoms with Gasteiger partial charge in [-0.2, -0.15) is 9.38 Å². The van der Waals surface area contributed by atoms with Gasteiger partial charge >= 0.3 is 5.82 Å². The summed E-state index contributed by atoms with van der Waals surface area (Å²) < 4.78 is 25.8. The fourth-order valence-electron chi connectivity index (χ4n) is 2.99. The summed E-state index contributed by atoms with van der Waals surface area (Å²) >= 11 is 0. The number of hydrogen-bond donors (Lipinski definition) is 1. The third-order valence-electron chi connectivity index (χ3n) is 4.00. The maximum atomic E-state index is 12.2. The predicted molar refractivity (Wildman–Crippen MR) is 86.7 cm³/mol. The molecule has 0 spiro atoms. The van der Waals surface area contributed by atoms with Crippen molar-refractivity contribution in [1.82, 2.24) is 9.38 Å². The first-order chi connectivity index (χ1) is 11.5. The molecule has 24 heavy (non-hydrogen) atoms. The van der Waals surface area contributed by atoms with Crippen LogP contribution >= 0.6 is 0 Å². The normalized spacial score (nSPS) is 18.4. The van der Waals surface area contributed by atoms with Crippen LogP contribution in [0.4, 0.5) is 11.6 Å². The first-order valence-corrected chi connectivity index (χ1v) is 8.82. The van der Waals surface area contributed by atoms with Crippen LogP contribution < -0.4 is 5.32 Å². The zero-order valence-corrected chi connectivity index (χ0v) is 13.1. The molecule has 4 rings (SSSR count). The fraction of sp³-hybridized carbons (Fsp3) is 0.133. The summed E-state index contributed by atoms with van der Waals surface area (Å²) in [6.45, 7) is 0. The summed E-state index contributed by atoms with van der Waals surface area (Å²) in [5, 5.41) is 14.4. The Morgan fingerprint density at radius 1 is 1.21 bits per heavy atom. The predicted octanol–water partition coefficient (Wildman–Crippen LogP) is 2.18. The molecule has 8 nitrogen and oxygen atoms in total. The van der Waals surface area contributed by atoms with Crippen molar-refractivity contribution in [2.24, 2.45) is 0 Å². The van der Waals surface area contributed by atoms with Gasteiger partial charge in [-0.1, -0.05) is 24.3 Å². The Balaban J connectivity index is 1.81. The third kappa shape index (κ3) is 2.13.